The van der Waals surface area contributed by atoms with Crippen molar-refractivity contribution in [3.8, 4) is 0 Å². The predicted molar refractivity (Wildman–Crippen MR) is 106 cm³/mol. The van der Waals surface area contributed by atoms with E-state index in [4.69, 9.17) is 16.3 Å². The lowest BCUT2D eigenvalue weighted by Crippen LogP contribution is -2.54. The second-order valence-electron chi connectivity index (χ2n) is 8.51. The highest BCUT2D eigenvalue weighted by Gasteiger charge is 2.41. The zero-order chi connectivity index (χ0) is 19.6. The van der Waals surface area contributed by atoms with Crippen molar-refractivity contribution in [3.63, 3.8) is 0 Å². The fraction of sp³-hybridized carbons (Fsp3) is 0.619. The van der Waals surface area contributed by atoms with E-state index in [1.165, 1.54) is 0 Å². The zero-order valence-corrected chi connectivity index (χ0v) is 17.2. The number of benzene rings is 1. The van der Waals surface area contributed by atoms with E-state index >= 15 is 0 Å². The van der Waals surface area contributed by atoms with E-state index in [0.717, 1.165) is 31.2 Å². The summed E-state index contributed by atoms with van der Waals surface area (Å²) in [6.07, 6.45) is 4.22. The summed E-state index contributed by atoms with van der Waals surface area (Å²) in [6.45, 7) is 6.68. The molecular formula is C21H29ClN2O3. The number of carbonyl (C=O) groups excluding carboxylic acids is 2. The average Bonchev–Trinajstić information content (AvgIpc) is 3.44. The molecule has 0 unspecified atom stereocenters. The van der Waals surface area contributed by atoms with Crippen molar-refractivity contribution in [2.24, 2.45) is 0 Å². The summed E-state index contributed by atoms with van der Waals surface area (Å²) >= 11 is 5.98. The minimum absolute atomic E-state index is 0.0398. The van der Waals surface area contributed by atoms with Crippen LogP contribution in [0.3, 0.4) is 0 Å². The number of ether oxygens (including phenoxy) is 1. The number of rotatable bonds is 4. The van der Waals surface area contributed by atoms with Gasteiger partial charge in [0.1, 0.15) is 11.6 Å². The van der Waals surface area contributed by atoms with Gasteiger partial charge in [0.05, 0.1) is 0 Å². The van der Waals surface area contributed by atoms with Gasteiger partial charge in [-0.3, -0.25) is 9.69 Å². The lowest BCUT2D eigenvalue weighted by molar-refractivity contribution is -0.139. The molecule has 6 heteroatoms. The maximum absolute atomic E-state index is 13.4. The Kier molecular flexibility index (Phi) is 5.99. The van der Waals surface area contributed by atoms with Crippen LogP contribution in [-0.4, -0.2) is 46.0 Å². The molecule has 2 amide bonds. The van der Waals surface area contributed by atoms with Crippen molar-refractivity contribution in [3.05, 3.63) is 34.9 Å². The molecule has 0 aromatic heterocycles. The highest BCUT2D eigenvalue weighted by atomic mass is 35.5. The SMILES string of the molecule is CC(C)(C)OC(=O)N1CCCC[C@H]1C(=O)N(Cc1ccc(Cl)cc1)C1CC1. The van der Waals surface area contributed by atoms with Gasteiger partial charge in [0.2, 0.25) is 5.91 Å². The van der Waals surface area contributed by atoms with Gasteiger partial charge >= 0.3 is 6.09 Å². The third-order valence-electron chi connectivity index (χ3n) is 4.95. The van der Waals surface area contributed by atoms with Crippen LogP contribution in [0, 0.1) is 0 Å². The van der Waals surface area contributed by atoms with Crippen LogP contribution >= 0.6 is 11.6 Å². The zero-order valence-electron chi connectivity index (χ0n) is 16.4. The second-order valence-corrected chi connectivity index (χ2v) is 8.95. The van der Waals surface area contributed by atoms with Crippen molar-refractivity contribution in [1.82, 2.24) is 9.80 Å². The molecule has 0 spiro atoms. The molecule has 2 fully saturated rings. The fourth-order valence-electron chi connectivity index (χ4n) is 3.48. The molecule has 1 aromatic rings. The lowest BCUT2D eigenvalue weighted by Gasteiger charge is -2.38. The molecule has 3 rings (SSSR count). The Hall–Kier alpha value is -1.75. The molecule has 0 N–H and O–H groups in total. The molecule has 0 bridgehead atoms. The van der Waals surface area contributed by atoms with Gasteiger partial charge in [0.15, 0.2) is 0 Å². The maximum Gasteiger partial charge on any atom is 0.410 e. The number of likely N-dealkylation sites (tertiary alicyclic amines) is 1. The summed E-state index contributed by atoms with van der Waals surface area (Å²) in [6, 6.07) is 7.45. The summed E-state index contributed by atoms with van der Waals surface area (Å²) < 4.78 is 5.55. The van der Waals surface area contributed by atoms with Crippen molar-refractivity contribution < 1.29 is 14.3 Å². The van der Waals surface area contributed by atoms with Gasteiger partial charge in [-0.15, -0.1) is 0 Å². The standard InChI is InChI=1S/C21H29ClN2O3/c1-21(2,3)27-20(26)23-13-5-4-6-18(23)19(25)24(17-11-12-17)14-15-7-9-16(22)10-8-15/h7-10,17-18H,4-6,11-14H2,1-3H3/t18-/m0/s1. The second kappa shape index (κ2) is 8.09. The molecule has 1 atom stereocenters. The topological polar surface area (TPSA) is 49.9 Å². The van der Waals surface area contributed by atoms with E-state index in [1.807, 2.05) is 49.9 Å². The van der Waals surface area contributed by atoms with Crippen molar-refractivity contribution >= 4 is 23.6 Å². The number of nitrogens with zero attached hydrogens (tertiary/aromatic N) is 2. The molecule has 0 radical (unpaired) electrons. The molecule has 27 heavy (non-hydrogen) atoms. The van der Waals surface area contributed by atoms with Crippen LogP contribution in [0.2, 0.25) is 5.02 Å². The van der Waals surface area contributed by atoms with E-state index < -0.39 is 11.6 Å². The highest BCUT2D eigenvalue weighted by Crippen LogP contribution is 2.31. The minimum atomic E-state index is -0.568. The Labute approximate surface area is 166 Å². The summed E-state index contributed by atoms with van der Waals surface area (Å²) in [4.78, 5) is 29.6. The van der Waals surface area contributed by atoms with Gasteiger partial charge in [-0.05, 0) is 70.6 Å². The number of carbonyl (C=O) groups is 2. The Balaban J connectivity index is 1.74. The largest absolute Gasteiger partial charge is 0.444 e. The van der Waals surface area contributed by atoms with Crippen LogP contribution in [0.15, 0.2) is 24.3 Å². The van der Waals surface area contributed by atoms with E-state index in [9.17, 15) is 9.59 Å². The molecular weight excluding hydrogens is 364 g/mol. The Morgan fingerprint density at radius 2 is 1.81 bits per heavy atom. The highest BCUT2D eigenvalue weighted by molar-refractivity contribution is 6.30. The first kappa shape index (κ1) is 20.0. The van der Waals surface area contributed by atoms with Crippen LogP contribution in [0.4, 0.5) is 4.79 Å². The van der Waals surface area contributed by atoms with Gasteiger partial charge in [-0.2, -0.15) is 0 Å². The first-order valence-electron chi connectivity index (χ1n) is 9.79. The number of hydrogen-bond donors (Lipinski definition) is 0. The number of halogens is 1. The first-order chi connectivity index (χ1) is 12.7. The van der Waals surface area contributed by atoms with Crippen molar-refractivity contribution in [2.75, 3.05) is 6.54 Å². The van der Waals surface area contributed by atoms with Crippen LogP contribution in [0.5, 0.6) is 0 Å². The van der Waals surface area contributed by atoms with Crippen LogP contribution in [0.1, 0.15) is 58.4 Å². The molecule has 1 saturated heterocycles. The van der Waals surface area contributed by atoms with Gasteiger partial charge in [0, 0.05) is 24.2 Å². The Morgan fingerprint density at radius 3 is 2.41 bits per heavy atom. The summed E-state index contributed by atoms with van der Waals surface area (Å²) in [7, 11) is 0. The minimum Gasteiger partial charge on any atom is -0.444 e. The molecule has 5 nitrogen and oxygen atoms in total. The number of amides is 2. The molecule has 1 aliphatic carbocycles. The Bertz CT molecular complexity index is 680. The lowest BCUT2D eigenvalue weighted by atomic mass is 10.0. The van der Waals surface area contributed by atoms with E-state index in [1.54, 1.807) is 4.90 Å². The third kappa shape index (κ3) is 5.38. The monoisotopic (exact) mass is 392 g/mol. The molecule has 1 aliphatic heterocycles. The third-order valence-corrected chi connectivity index (χ3v) is 5.20. The van der Waals surface area contributed by atoms with E-state index in [-0.39, 0.29) is 18.0 Å². The predicted octanol–water partition coefficient (Wildman–Crippen LogP) is 4.62. The van der Waals surface area contributed by atoms with Crippen molar-refractivity contribution in [1.29, 1.82) is 0 Å². The first-order valence-corrected chi connectivity index (χ1v) is 10.2. The smallest absolute Gasteiger partial charge is 0.410 e. The van der Waals surface area contributed by atoms with E-state index in [2.05, 4.69) is 0 Å². The summed E-state index contributed by atoms with van der Waals surface area (Å²) in [5.41, 5.74) is 0.487. The molecule has 148 valence electrons. The quantitative estimate of drug-likeness (QED) is 0.751. The van der Waals surface area contributed by atoms with Crippen molar-refractivity contribution in [2.45, 2.75) is 77.1 Å². The van der Waals surface area contributed by atoms with Crippen LogP contribution in [-0.2, 0) is 16.1 Å². The summed E-state index contributed by atoms with van der Waals surface area (Å²) in [5, 5.41) is 0.687. The van der Waals surface area contributed by atoms with Gasteiger partial charge < -0.3 is 9.64 Å². The normalized spacial score (nSPS) is 20.3. The van der Waals surface area contributed by atoms with Crippen LogP contribution in [0.25, 0.3) is 0 Å². The van der Waals surface area contributed by atoms with E-state index in [0.29, 0.717) is 24.5 Å². The summed E-state index contributed by atoms with van der Waals surface area (Å²) in [5.74, 6) is 0.0398. The number of hydrogen-bond acceptors (Lipinski definition) is 3. The maximum atomic E-state index is 13.4. The Morgan fingerprint density at radius 1 is 1.15 bits per heavy atom. The number of piperidine rings is 1. The van der Waals surface area contributed by atoms with Crippen LogP contribution < -0.4 is 0 Å². The van der Waals surface area contributed by atoms with Gasteiger partial charge in [-0.25, -0.2) is 4.79 Å². The average molecular weight is 393 g/mol. The molecule has 1 saturated carbocycles. The molecule has 2 aliphatic rings. The van der Waals surface area contributed by atoms with Gasteiger partial charge in [-0.1, -0.05) is 23.7 Å². The molecule has 1 aromatic carbocycles. The fourth-order valence-corrected chi connectivity index (χ4v) is 3.60. The molecule has 1 heterocycles. The van der Waals surface area contributed by atoms with Gasteiger partial charge in [0.25, 0.3) is 0 Å².